The third kappa shape index (κ3) is 4.00. The van der Waals surface area contributed by atoms with Crippen molar-refractivity contribution in [2.75, 3.05) is 6.54 Å². The van der Waals surface area contributed by atoms with E-state index in [1.807, 2.05) is 19.2 Å². The first kappa shape index (κ1) is 18.7. The van der Waals surface area contributed by atoms with Gasteiger partial charge in [-0.05, 0) is 36.8 Å². The van der Waals surface area contributed by atoms with Crippen molar-refractivity contribution in [2.45, 2.75) is 58.3 Å². The van der Waals surface area contributed by atoms with E-state index < -0.39 is 0 Å². The van der Waals surface area contributed by atoms with E-state index in [1.54, 1.807) is 0 Å². The molecule has 0 aliphatic heterocycles. The van der Waals surface area contributed by atoms with Crippen molar-refractivity contribution in [1.29, 1.82) is 0 Å². The first-order valence-corrected chi connectivity index (χ1v) is 9.88. The number of rotatable bonds is 5. The van der Waals surface area contributed by atoms with E-state index in [1.165, 1.54) is 37.7 Å². The molecule has 0 atom stereocenters. The molecule has 0 bridgehead atoms. The Balaban J connectivity index is 1.86. The average molecular weight is 350 g/mol. The Kier molecular flexibility index (Phi) is 5.80. The summed E-state index contributed by atoms with van der Waals surface area (Å²) in [5, 5.41) is 11.0. The van der Waals surface area contributed by atoms with Crippen molar-refractivity contribution in [1.82, 2.24) is 0 Å². The SMILES string of the molecule is Cc1ccc(C(C)(C)c2ccccc2)c(O)c1C=NCC1CCCCC1. The van der Waals surface area contributed by atoms with Gasteiger partial charge in [0.15, 0.2) is 0 Å². The number of aliphatic imine (C=N–C) groups is 1. The van der Waals surface area contributed by atoms with E-state index in [0.29, 0.717) is 11.7 Å². The number of phenols is 1. The highest BCUT2D eigenvalue weighted by Gasteiger charge is 2.27. The van der Waals surface area contributed by atoms with Crippen LogP contribution in [0.25, 0.3) is 0 Å². The third-order valence-corrected chi connectivity index (χ3v) is 5.91. The highest BCUT2D eigenvalue weighted by Crippen LogP contribution is 2.39. The van der Waals surface area contributed by atoms with Crippen LogP contribution >= 0.6 is 0 Å². The maximum Gasteiger partial charge on any atom is 0.128 e. The van der Waals surface area contributed by atoms with Crippen molar-refractivity contribution < 1.29 is 5.11 Å². The summed E-state index contributed by atoms with van der Waals surface area (Å²) < 4.78 is 0. The lowest BCUT2D eigenvalue weighted by Gasteiger charge is -2.28. The molecule has 26 heavy (non-hydrogen) atoms. The lowest BCUT2D eigenvalue weighted by molar-refractivity contribution is 0.367. The van der Waals surface area contributed by atoms with Gasteiger partial charge in [-0.15, -0.1) is 0 Å². The molecular weight excluding hydrogens is 318 g/mol. The molecule has 0 radical (unpaired) electrons. The number of nitrogens with zero attached hydrogens (tertiary/aromatic N) is 1. The van der Waals surface area contributed by atoms with Gasteiger partial charge in [-0.1, -0.05) is 75.6 Å². The zero-order valence-electron chi connectivity index (χ0n) is 16.3. The van der Waals surface area contributed by atoms with Gasteiger partial charge in [-0.25, -0.2) is 0 Å². The minimum Gasteiger partial charge on any atom is -0.507 e. The Morgan fingerprint density at radius 1 is 1.04 bits per heavy atom. The molecule has 2 aromatic carbocycles. The largest absolute Gasteiger partial charge is 0.507 e. The van der Waals surface area contributed by atoms with E-state index >= 15 is 0 Å². The fourth-order valence-electron chi connectivity index (χ4n) is 4.05. The normalized spacial score (nSPS) is 16.3. The summed E-state index contributed by atoms with van der Waals surface area (Å²) >= 11 is 0. The molecule has 0 spiro atoms. The zero-order chi connectivity index (χ0) is 18.6. The lowest BCUT2D eigenvalue weighted by atomic mass is 9.76. The average Bonchev–Trinajstić information content (AvgIpc) is 2.66. The third-order valence-electron chi connectivity index (χ3n) is 5.91. The van der Waals surface area contributed by atoms with Crippen molar-refractivity contribution in [3.05, 3.63) is 64.7 Å². The molecule has 1 saturated carbocycles. The molecule has 0 unspecified atom stereocenters. The first-order valence-electron chi connectivity index (χ1n) is 9.88. The smallest absolute Gasteiger partial charge is 0.128 e. The standard InChI is InChI=1S/C24H31NO/c1-18-14-15-22(24(2,3)20-12-8-5-9-13-20)23(26)21(18)17-25-16-19-10-6-4-7-11-19/h5,8-9,12-15,17,19,26H,4,6-7,10-11,16H2,1-3H3. The summed E-state index contributed by atoms with van der Waals surface area (Å²) in [7, 11) is 0. The predicted molar refractivity (Wildman–Crippen MR) is 110 cm³/mol. The number of phenolic OH excluding ortho intramolecular Hbond substituents is 1. The van der Waals surface area contributed by atoms with Crippen LogP contribution in [0.1, 0.15) is 68.2 Å². The molecule has 2 nitrogen and oxygen atoms in total. The van der Waals surface area contributed by atoms with Gasteiger partial charge >= 0.3 is 0 Å². The van der Waals surface area contributed by atoms with Crippen LogP contribution in [0, 0.1) is 12.8 Å². The van der Waals surface area contributed by atoms with Gasteiger partial charge in [0, 0.05) is 29.3 Å². The van der Waals surface area contributed by atoms with Crippen molar-refractivity contribution >= 4 is 6.21 Å². The van der Waals surface area contributed by atoms with Crippen molar-refractivity contribution in [2.24, 2.45) is 10.9 Å². The molecule has 0 saturated heterocycles. The van der Waals surface area contributed by atoms with Crippen molar-refractivity contribution in [3.63, 3.8) is 0 Å². The van der Waals surface area contributed by atoms with Crippen LogP contribution in [0.3, 0.4) is 0 Å². The van der Waals surface area contributed by atoms with Crippen LogP contribution in [0.5, 0.6) is 5.75 Å². The van der Waals surface area contributed by atoms with E-state index in [9.17, 15) is 5.11 Å². The molecule has 0 heterocycles. The Morgan fingerprint density at radius 3 is 2.42 bits per heavy atom. The second kappa shape index (κ2) is 8.07. The summed E-state index contributed by atoms with van der Waals surface area (Å²) in [5.74, 6) is 1.08. The van der Waals surface area contributed by atoms with Crippen LogP contribution in [0.15, 0.2) is 47.5 Å². The fraction of sp³-hybridized carbons (Fsp3) is 0.458. The van der Waals surface area contributed by atoms with Crippen LogP contribution in [0.2, 0.25) is 0 Å². The van der Waals surface area contributed by atoms with E-state index in [4.69, 9.17) is 4.99 Å². The number of aromatic hydroxyl groups is 1. The van der Waals surface area contributed by atoms with Gasteiger partial charge in [0.1, 0.15) is 5.75 Å². The maximum absolute atomic E-state index is 11.0. The molecule has 138 valence electrons. The van der Waals surface area contributed by atoms with Gasteiger partial charge in [0.2, 0.25) is 0 Å². The quantitative estimate of drug-likeness (QED) is 0.657. The van der Waals surface area contributed by atoms with Crippen LogP contribution in [-0.4, -0.2) is 17.9 Å². The monoisotopic (exact) mass is 349 g/mol. The summed E-state index contributed by atoms with van der Waals surface area (Å²) in [4.78, 5) is 4.70. The molecule has 0 aromatic heterocycles. The summed E-state index contributed by atoms with van der Waals surface area (Å²) in [6, 6.07) is 14.5. The first-order chi connectivity index (χ1) is 12.5. The second-order valence-electron chi connectivity index (χ2n) is 8.18. The minimum atomic E-state index is -0.259. The molecule has 1 fully saturated rings. The molecule has 1 aliphatic rings. The number of hydrogen-bond acceptors (Lipinski definition) is 2. The number of aryl methyl sites for hydroxylation is 1. The van der Waals surface area contributed by atoms with E-state index in [0.717, 1.165) is 23.2 Å². The Bertz CT molecular complexity index is 755. The van der Waals surface area contributed by atoms with Crippen LogP contribution in [0.4, 0.5) is 0 Å². The predicted octanol–water partition coefficient (Wildman–Crippen LogP) is 6.03. The molecule has 2 aromatic rings. The van der Waals surface area contributed by atoms with E-state index in [2.05, 4.69) is 50.2 Å². The highest BCUT2D eigenvalue weighted by molar-refractivity contribution is 5.86. The van der Waals surface area contributed by atoms with Gasteiger partial charge in [0.25, 0.3) is 0 Å². The molecule has 1 N–H and O–H groups in total. The van der Waals surface area contributed by atoms with Gasteiger partial charge in [-0.2, -0.15) is 0 Å². The van der Waals surface area contributed by atoms with Gasteiger partial charge in [-0.3, -0.25) is 4.99 Å². The fourth-order valence-corrected chi connectivity index (χ4v) is 4.05. The number of benzene rings is 2. The molecule has 0 amide bonds. The molecular formula is C24H31NO. The Hall–Kier alpha value is -2.09. The van der Waals surface area contributed by atoms with Crippen molar-refractivity contribution in [3.8, 4) is 5.75 Å². The van der Waals surface area contributed by atoms with Gasteiger partial charge in [0.05, 0.1) is 0 Å². The highest BCUT2D eigenvalue weighted by atomic mass is 16.3. The van der Waals surface area contributed by atoms with Gasteiger partial charge < -0.3 is 5.11 Å². The Labute approximate surface area is 158 Å². The summed E-state index contributed by atoms with van der Waals surface area (Å²) in [6.45, 7) is 7.25. The lowest BCUT2D eigenvalue weighted by Crippen LogP contribution is -2.19. The summed E-state index contributed by atoms with van der Waals surface area (Å²) in [5.41, 5.74) is 3.83. The number of hydrogen-bond donors (Lipinski definition) is 1. The molecule has 3 rings (SSSR count). The minimum absolute atomic E-state index is 0.259. The maximum atomic E-state index is 11.0. The van der Waals surface area contributed by atoms with Crippen LogP contribution in [-0.2, 0) is 5.41 Å². The molecule has 2 heteroatoms. The Morgan fingerprint density at radius 2 is 1.73 bits per heavy atom. The molecule has 1 aliphatic carbocycles. The topological polar surface area (TPSA) is 32.6 Å². The summed E-state index contributed by atoms with van der Waals surface area (Å²) in [6.07, 6.45) is 8.53. The van der Waals surface area contributed by atoms with Crippen LogP contribution < -0.4 is 0 Å². The van der Waals surface area contributed by atoms with E-state index in [-0.39, 0.29) is 5.41 Å². The second-order valence-corrected chi connectivity index (χ2v) is 8.18. The zero-order valence-corrected chi connectivity index (χ0v) is 16.3.